The van der Waals surface area contributed by atoms with E-state index in [2.05, 4.69) is 29.1 Å². The fourth-order valence-corrected chi connectivity index (χ4v) is 2.96. The van der Waals surface area contributed by atoms with E-state index in [0.717, 1.165) is 10.6 Å². The standard InChI is InChI=1S/C19H20ClN3O/c1-12(2)18(13-7-9-14(20)10-8-13)21-11-17-22-16-6-4-3-5-15(16)19(24)23-17/h3-10,12,18,21H,11H2,1-2H3,(H,22,23,24)/t18-/m0/s1. The Morgan fingerprint density at radius 1 is 1.12 bits per heavy atom. The van der Waals surface area contributed by atoms with Crippen LogP contribution in [0.3, 0.4) is 0 Å². The monoisotopic (exact) mass is 341 g/mol. The van der Waals surface area contributed by atoms with Gasteiger partial charge in [-0.25, -0.2) is 4.98 Å². The van der Waals surface area contributed by atoms with Crippen molar-refractivity contribution in [2.75, 3.05) is 0 Å². The Kier molecular flexibility index (Phi) is 4.97. The summed E-state index contributed by atoms with van der Waals surface area (Å²) < 4.78 is 0. The van der Waals surface area contributed by atoms with Crippen molar-refractivity contribution in [3.8, 4) is 0 Å². The van der Waals surface area contributed by atoms with Crippen LogP contribution in [0.2, 0.25) is 5.02 Å². The summed E-state index contributed by atoms with van der Waals surface area (Å²) in [5.41, 5.74) is 1.77. The van der Waals surface area contributed by atoms with E-state index in [-0.39, 0.29) is 11.6 Å². The van der Waals surface area contributed by atoms with Crippen LogP contribution in [0.25, 0.3) is 10.9 Å². The van der Waals surface area contributed by atoms with Crippen LogP contribution in [0, 0.1) is 5.92 Å². The van der Waals surface area contributed by atoms with Crippen LogP contribution in [0.15, 0.2) is 53.3 Å². The van der Waals surface area contributed by atoms with E-state index < -0.39 is 0 Å². The van der Waals surface area contributed by atoms with Gasteiger partial charge in [0.25, 0.3) is 5.56 Å². The van der Waals surface area contributed by atoms with Gasteiger partial charge in [0.15, 0.2) is 0 Å². The topological polar surface area (TPSA) is 57.8 Å². The van der Waals surface area contributed by atoms with Gasteiger partial charge in [-0.3, -0.25) is 4.79 Å². The molecule has 24 heavy (non-hydrogen) atoms. The first-order valence-electron chi connectivity index (χ1n) is 8.01. The number of hydrogen-bond donors (Lipinski definition) is 2. The van der Waals surface area contributed by atoms with E-state index in [9.17, 15) is 4.79 Å². The number of aromatic nitrogens is 2. The summed E-state index contributed by atoms with van der Waals surface area (Å²) in [6.45, 7) is 4.80. The van der Waals surface area contributed by atoms with Crippen LogP contribution < -0.4 is 10.9 Å². The number of para-hydroxylation sites is 1. The predicted octanol–water partition coefficient (Wildman–Crippen LogP) is 4.06. The fourth-order valence-electron chi connectivity index (χ4n) is 2.83. The molecule has 0 radical (unpaired) electrons. The van der Waals surface area contributed by atoms with Gasteiger partial charge in [-0.1, -0.05) is 49.7 Å². The number of rotatable bonds is 5. The first kappa shape index (κ1) is 16.7. The number of H-pyrrole nitrogens is 1. The lowest BCUT2D eigenvalue weighted by Crippen LogP contribution is -2.27. The van der Waals surface area contributed by atoms with Crippen LogP contribution in [-0.2, 0) is 6.54 Å². The zero-order chi connectivity index (χ0) is 17.1. The number of aromatic amines is 1. The Morgan fingerprint density at radius 2 is 1.83 bits per heavy atom. The normalized spacial score (nSPS) is 12.7. The van der Waals surface area contributed by atoms with Crippen molar-refractivity contribution in [1.29, 1.82) is 0 Å². The van der Waals surface area contributed by atoms with E-state index in [0.29, 0.717) is 29.2 Å². The minimum absolute atomic E-state index is 0.106. The highest BCUT2D eigenvalue weighted by atomic mass is 35.5. The van der Waals surface area contributed by atoms with Crippen LogP contribution >= 0.6 is 11.6 Å². The molecule has 0 saturated heterocycles. The maximum Gasteiger partial charge on any atom is 0.258 e. The minimum Gasteiger partial charge on any atom is -0.309 e. The average molecular weight is 342 g/mol. The van der Waals surface area contributed by atoms with Crippen molar-refractivity contribution in [3.63, 3.8) is 0 Å². The van der Waals surface area contributed by atoms with Gasteiger partial charge < -0.3 is 10.3 Å². The molecular weight excluding hydrogens is 322 g/mol. The Morgan fingerprint density at radius 3 is 2.54 bits per heavy atom. The highest BCUT2D eigenvalue weighted by Gasteiger charge is 2.16. The molecule has 2 N–H and O–H groups in total. The molecule has 5 heteroatoms. The largest absolute Gasteiger partial charge is 0.309 e. The summed E-state index contributed by atoms with van der Waals surface area (Å²) in [6.07, 6.45) is 0. The Bertz CT molecular complexity index is 887. The molecule has 0 aliphatic carbocycles. The number of nitrogens with zero attached hydrogens (tertiary/aromatic N) is 1. The number of nitrogens with one attached hydrogen (secondary N) is 2. The summed E-state index contributed by atoms with van der Waals surface area (Å²) in [5, 5.41) is 4.82. The molecule has 3 rings (SSSR count). The van der Waals surface area contributed by atoms with Crippen molar-refractivity contribution in [2.45, 2.75) is 26.4 Å². The number of halogens is 1. The lowest BCUT2D eigenvalue weighted by molar-refractivity contribution is 0.406. The SMILES string of the molecule is CC(C)[C@H](NCc1nc2ccccc2c(=O)[nH]1)c1ccc(Cl)cc1. The van der Waals surface area contributed by atoms with Crippen LogP contribution in [0.4, 0.5) is 0 Å². The predicted molar refractivity (Wildman–Crippen MR) is 98.2 cm³/mol. The third kappa shape index (κ3) is 3.66. The molecule has 1 heterocycles. The lowest BCUT2D eigenvalue weighted by Gasteiger charge is -2.23. The van der Waals surface area contributed by atoms with Crippen LogP contribution in [-0.4, -0.2) is 9.97 Å². The summed E-state index contributed by atoms with van der Waals surface area (Å²) in [6, 6.07) is 15.3. The highest BCUT2D eigenvalue weighted by molar-refractivity contribution is 6.30. The minimum atomic E-state index is -0.106. The fraction of sp³-hybridized carbons (Fsp3) is 0.263. The number of fused-ring (bicyclic) bond motifs is 1. The van der Waals surface area contributed by atoms with Crippen molar-refractivity contribution in [1.82, 2.24) is 15.3 Å². The average Bonchev–Trinajstić information content (AvgIpc) is 2.56. The third-order valence-corrected chi connectivity index (χ3v) is 4.30. The highest BCUT2D eigenvalue weighted by Crippen LogP contribution is 2.23. The second-order valence-electron chi connectivity index (χ2n) is 6.18. The molecule has 4 nitrogen and oxygen atoms in total. The van der Waals surface area contributed by atoms with Crippen LogP contribution in [0.1, 0.15) is 31.3 Å². The molecule has 1 aromatic heterocycles. The zero-order valence-electron chi connectivity index (χ0n) is 13.7. The summed E-state index contributed by atoms with van der Waals surface area (Å²) in [5.74, 6) is 1.02. The molecule has 3 aromatic rings. The quantitative estimate of drug-likeness (QED) is 0.735. The Hall–Kier alpha value is -2.17. The molecule has 0 bridgehead atoms. The summed E-state index contributed by atoms with van der Waals surface area (Å²) in [7, 11) is 0. The van der Waals surface area contributed by atoms with Crippen molar-refractivity contribution in [2.24, 2.45) is 5.92 Å². The third-order valence-electron chi connectivity index (χ3n) is 4.05. The smallest absolute Gasteiger partial charge is 0.258 e. The van der Waals surface area contributed by atoms with E-state index in [4.69, 9.17) is 11.6 Å². The second-order valence-corrected chi connectivity index (χ2v) is 6.62. The molecule has 0 aliphatic heterocycles. The lowest BCUT2D eigenvalue weighted by atomic mass is 9.96. The van der Waals surface area contributed by atoms with E-state index in [1.807, 2.05) is 42.5 Å². The van der Waals surface area contributed by atoms with Gasteiger partial charge in [-0.15, -0.1) is 0 Å². The van der Waals surface area contributed by atoms with Crippen LogP contribution in [0.5, 0.6) is 0 Å². The van der Waals surface area contributed by atoms with Gasteiger partial charge in [0.05, 0.1) is 17.4 Å². The maximum absolute atomic E-state index is 12.1. The number of benzene rings is 2. The van der Waals surface area contributed by atoms with Gasteiger partial charge >= 0.3 is 0 Å². The molecule has 2 aromatic carbocycles. The summed E-state index contributed by atoms with van der Waals surface area (Å²) in [4.78, 5) is 19.5. The van der Waals surface area contributed by atoms with Gasteiger partial charge in [0.1, 0.15) is 5.82 Å². The van der Waals surface area contributed by atoms with Crippen molar-refractivity contribution >= 4 is 22.5 Å². The van der Waals surface area contributed by atoms with E-state index in [1.165, 1.54) is 0 Å². The van der Waals surface area contributed by atoms with E-state index in [1.54, 1.807) is 6.07 Å². The first-order valence-corrected chi connectivity index (χ1v) is 8.39. The molecule has 0 amide bonds. The van der Waals surface area contributed by atoms with E-state index >= 15 is 0 Å². The molecule has 0 saturated carbocycles. The van der Waals surface area contributed by atoms with Gasteiger partial charge in [-0.2, -0.15) is 0 Å². The van der Waals surface area contributed by atoms with Crippen molar-refractivity contribution in [3.05, 3.63) is 75.3 Å². The second kappa shape index (κ2) is 7.16. The maximum atomic E-state index is 12.1. The van der Waals surface area contributed by atoms with Gasteiger partial charge in [0, 0.05) is 11.1 Å². The summed E-state index contributed by atoms with van der Waals surface area (Å²) >= 11 is 5.97. The Balaban J connectivity index is 1.82. The molecular formula is C19H20ClN3O. The van der Waals surface area contributed by atoms with Gasteiger partial charge in [0.2, 0.25) is 0 Å². The Labute approximate surface area is 145 Å². The first-order chi connectivity index (χ1) is 11.5. The molecule has 124 valence electrons. The number of hydrogen-bond acceptors (Lipinski definition) is 3. The van der Waals surface area contributed by atoms with Gasteiger partial charge in [-0.05, 0) is 35.7 Å². The molecule has 0 aliphatic rings. The zero-order valence-corrected chi connectivity index (χ0v) is 14.5. The molecule has 0 spiro atoms. The van der Waals surface area contributed by atoms with Crippen molar-refractivity contribution < 1.29 is 0 Å². The molecule has 0 fully saturated rings. The molecule has 0 unspecified atom stereocenters. The molecule has 1 atom stereocenters.